The molecule has 0 aromatic heterocycles. The first kappa shape index (κ1) is 16.9. The van der Waals surface area contributed by atoms with Crippen LogP contribution < -0.4 is 0 Å². The minimum atomic E-state index is -1.72. The Bertz CT molecular complexity index is 571. The lowest BCUT2D eigenvalue weighted by Crippen LogP contribution is -2.70. The number of ketones is 1. The van der Waals surface area contributed by atoms with E-state index in [2.05, 4.69) is 0 Å². The molecule has 0 unspecified atom stereocenters. The fraction of sp³-hybridized carbons (Fsp3) is 0.882. The number of hydrogen-bond acceptors (Lipinski definition) is 6. The zero-order chi connectivity index (χ0) is 17.5. The maximum atomic E-state index is 13.1. The van der Waals surface area contributed by atoms with Crippen LogP contribution in [-0.4, -0.2) is 51.0 Å². The van der Waals surface area contributed by atoms with Gasteiger partial charge in [0.2, 0.25) is 0 Å². The molecule has 3 N–H and O–H groups in total. The summed E-state index contributed by atoms with van der Waals surface area (Å²) in [6.45, 7) is 8.46. The quantitative estimate of drug-likeness (QED) is 0.598. The summed E-state index contributed by atoms with van der Waals surface area (Å²) >= 11 is 0. The highest BCUT2D eigenvalue weighted by atomic mass is 16.6. The second-order valence-corrected chi connectivity index (χ2v) is 8.47. The molecule has 6 heteroatoms. The van der Waals surface area contributed by atoms with Crippen LogP contribution in [0.1, 0.15) is 41.0 Å². The van der Waals surface area contributed by atoms with E-state index in [0.29, 0.717) is 6.42 Å². The summed E-state index contributed by atoms with van der Waals surface area (Å²) in [7, 11) is 0. The largest absolute Gasteiger partial charge is 0.452 e. The number of Topliss-reactive ketones (excluding diaryl/α,β-unsaturated/α-hetero) is 1. The van der Waals surface area contributed by atoms with Gasteiger partial charge in [-0.25, -0.2) is 0 Å². The summed E-state index contributed by atoms with van der Waals surface area (Å²) in [5, 5.41) is 32.6. The minimum Gasteiger partial charge on any atom is -0.452 e. The van der Waals surface area contributed by atoms with E-state index >= 15 is 0 Å². The van der Waals surface area contributed by atoms with Crippen molar-refractivity contribution in [3.63, 3.8) is 0 Å². The monoisotopic (exact) mass is 326 g/mol. The summed E-state index contributed by atoms with van der Waals surface area (Å²) in [4.78, 5) is 24.4. The van der Waals surface area contributed by atoms with E-state index in [1.807, 2.05) is 13.8 Å². The molecule has 0 spiro atoms. The van der Waals surface area contributed by atoms with Gasteiger partial charge in [-0.1, -0.05) is 20.8 Å². The van der Waals surface area contributed by atoms with Crippen LogP contribution in [0.2, 0.25) is 0 Å². The Hall–Kier alpha value is -0.980. The standard InChI is InChI=1S/C17H26O6/c1-7-11(19)12(23-8(2)18)14(21)16(5)9-6-15(3,4)10(9)13(20)17(7,16)22/h7,9-13,19-20,22H,6H2,1-5H3/t7-,9+,10-,11+,12+,13+,16+,17-/m1/s1. The third-order valence-electron chi connectivity index (χ3n) is 7.03. The fourth-order valence-corrected chi connectivity index (χ4v) is 5.70. The zero-order valence-electron chi connectivity index (χ0n) is 14.2. The Morgan fingerprint density at radius 2 is 1.83 bits per heavy atom. The van der Waals surface area contributed by atoms with Gasteiger partial charge in [0.05, 0.1) is 11.5 Å². The minimum absolute atomic E-state index is 0.179. The lowest BCUT2D eigenvalue weighted by molar-refractivity contribution is -0.227. The van der Waals surface area contributed by atoms with E-state index in [0.717, 1.165) is 0 Å². The first-order valence-electron chi connectivity index (χ1n) is 8.20. The molecule has 0 radical (unpaired) electrons. The maximum Gasteiger partial charge on any atom is 0.303 e. The van der Waals surface area contributed by atoms with Crippen LogP contribution in [0.4, 0.5) is 0 Å². The van der Waals surface area contributed by atoms with Gasteiger partial charge in [-0.3, -0.25) is 9.59 Å². The lowest BCUT2D eigenvalue weighted by Gasteiger charge is -2.55. The Labute approximate surface area is 135 Å². The predicted octanol–water partition coefficient (Wildman–Crippen LogP) is 0.272. The Morgan fingerprint density at radius 3 is 2.30 bits per heavy atom. The number of fused-ring (bicyclic) bond motifs is 3. The molecule has 130 valence electrons. The summed E-state index contributed by atoms with van der Waals surface area (Å²) in [5.74, 6) is -2.31. The number of esters is 1. The van der Waals surface area contributed by atoms with E-state index < -0.39 is 47.0 Å². The predicted molar refractivity (Wildman–Crippen MR) is 80.2 cm³/mol. The molecule has 0 saturated heterocycles. The Kier molecular flexibility index (Phi) is 3.34. The number of carbonyl (C=O) groups excluding carboxylic acids is 2. The molecule has 3 aliphatic rings. The van der Waals surface area contributed by atoms with Gasteiger partial charge in [0, 0.05) is 12.8 Å². The molecule has 0 aliphatic heterocycles. The van der Waals surface area contributed by atoms with E-state index in [1.165, 1.54) is 6.92 Å². The number of rotatable bonds is 1. The Morgan fingerprint density at radius 1 is 1.26 bits per heavy atom. The molecule has 3 aliphatic carbocycles. The van der Waals surface area contributed by atoms with E-state index in [9.17, 15) is 24.9 Å². The highest BCUT2D eigenvalue weighted by molar-refractivity contribution is 5.94. The van der Waals surface area contributed by atoms with Crippen molar-refractivity contribution in [1.29, 1.82) is 0 Å². The van der Waals surface area contributed by atoms with Crippen LogP contribution in [0.15, 0.2) is 0 Å². The smallest absolute Gasteiger partial charge is 0.303 e. The number of aliphatic hydroxyl groups excluding tert-OH is 2. The van der Waals surface area contributed by atoms with Crippen molar-refractivity contribution in [2.24, 2.45) is 28.6 Å². The molecule has 0 amide bonds. The summed E-state index contributed by atoms with van der Waals surface area (Å²) in [6.07, 6.45) is -3.01. The third kappa shape index (κ3) is 1.69. The molecule has 0 heterocycles. The molecule has 23 heavy (non-hydrogen) atoms. The van der Waals surface area contributed by atoms with Crippen molar-refractivity contribution >= 4 is 11.8 Å². The maximum absolute atomic E-state index is 13.1. The fourth-order valence-electron chi connectivity index (χ4n) is 5.70. The van der Waals surface area contributed by atoms with Crippen molar-refractivity contribution in [2.45, 2.75) is 65.0 Å². The molecule has 0 aromatic carbocycles. The highest BCUT2D eigenvalue weighted by Crippen LogP contribution is 2.72. The van der Waals surface area contributed by atoms with Gasteiger partial charge in [-0.2, -0.15) is 0 Å². The number of carbonyl (C=O) groups is 2. The van der Waals surface area contributed by atoms with Gasteiger partial charge in [-0.05, 0) is 30.6 Å². The van der Waals surface area contributed by atoms with Gasteiger partial charge in [-0.15, -0.1) is 0 Å². The normalized spacial score (nSPS) is 54.0. The summed E-state index contributed by atoms with van der Waals surface area (Å²) < 4.78 is 5.07. The number of aliphatic hydroxyl groups is 3. The van der Waals surface area contributed by atoms with E-state index in [1.54, 1.807) is 13.8 Å². The summed E-state index contributed by atoms with van der Waals surface area (Å²) in [6, 6.07) is 0. The molecule has 3 saturated carbocycles. The average molecular weight is 326 g/mol. The average Bonchev–Trinajstić information content (AvgIpc) is 2.59. The zero-order valence-corrected chi connectivity index (χ0v) is 14.2. The van der Waals surface area contributed by atoms with Gasteiger partial charge < -0.3 is 20.1 Å². The van der Waals surface area contributed by atoms with Crippen LogP contribution in [0.3, 0.4) is 0 Å². The van der Waals surface area contributed by atoms with Crippen LogP contribution >= 0.6 is 0 Å². The van der Waals surface area contributed by atoms with Crippen LogP contribution in [0.5, 0.6) is 0 Å². The molecule has 3 rings (SSSR count). The molecule has 8 atom stereocenters. The van der Waals surface area contributed by atoms with Crippen LogP contribution in [0.25, 0.3) is 0 Å². The first-order valence-corrected chi connectivity index (χ1v) is 8.20. The number of hydrogen-bond donors (Lipinski definition) is 3. The lowest BCUT2D eigenvalue weighted by atomic mass is 9.49. The Balaban J connectivity index is 2.10. The number of ether oxygens (including phenoxy) is 1. The summed E-state index contributed by atoms with van der Waals surface area (Å²) in [5.41, 5.74) is -3.13. The van der Waals surface area contributed by atoms with Crippen molar-refractivity contribution in [1.82, 2.24) is 0 Å². The van der Waals surface area contributed by atoms with Crippen LogP contribution in [-0.2, 0) is 14.3 Å². The van der Waals surface area contributed by atoms with Gasteiger partial charge in [0.15, 0.2) is 11.9 Å². The third-order valence-corrected chi connectivity index (χ3v) is 7.03. The van der Waals surface area contributed by atoms with Crippen molar-refractivity contribution in [2.75, 3.05) is 0 Å². The van der Waals surface area contributed by atoms with E-state index in [-0.39, 0.29) is 17.3 Å². The first-order chi connectivity index (χ1) is 10.4. The molecular weight excluding hydrogens is 300 g/mol. The van der Waals surface area contributed by atoms with Gasteiger partial charge in [0.1, 0.15) is 11.7 Å². The molecule has 3 fully saturated rings. The van der Waals surface area contributed by atoms with Gasteiger partial charge in [0.25, 0.3) is 0 Å². The van der Waals surface area contributed by atoms with E-state index in [4.69, 9.17) is 4.74 Å². The molecular formula is C17H26O6. The van der Waals surface area contributed by atoms with Crippen molar-refractivity contribution in [3.8, 4) is 0 Å². The SMILES string of the molecule is CC(=O)O[C@@H]1C(=O)[C@]2(C)[C@H]3CC(C)(C)[C@H]3[C@H](O)[C@]2(O)[C@H](C)[C@@H]1O. The topological polar surface area (TPSA) is 104 Å². The molecule has 0 aromatic rings. The highest BCUT2D eigenvalue weighted by Gasteiger charge is 2.80. The van der Waals surface area contributed by atoms with Gasteiger partial charge >= 0.3 is 5.97 Å². The molecule has 6 nitrogen and oxygen atoms in total. The molecule has 0 bridgehead atoms. The van der Waals surface area contributed by atoms with Crippen LogP contribution in [0, 0.1) is 28.6 Å². The van der Waals surface area contributed by atoms with Crippen molar-refractivity contribution < 1.29 is 29.6 Å². The van der Waals surface area contributed by atoms with Crippen molar-refractivity contribution in [3.05, 3.63) is 0 Å². The second-order valence-electron chi connectivity index (χ2n) is 8.47. The second kappa shape index (κ2) is 4.55.